The molecule has 3 nitrogen and oxygen atoms in total. The third-order valence-corrected chi connectivity index (χ3v) is 3.07. The molecular weight excluding hydrogens is 210 g/mol. The fourth-order valence-electron chi connectivity index (χ4n) is 2.17. The van der Waals surface area contributed by atoms with Crippen LogP contribution in [0.3, 0.4) is 0 Å². The van der Waals surface area contributed by atoms with Crippen molar-refractivity contribution in [3.05, 3.63) is 41.5 Å². The molecule has 0 bridgehead atoms. The largest absolute Gasteiger partial charge is 0.344 e. The summed E-state index contributed by atoms with van der Waals surface area (Å²) in [5.41, 5.74) is 4.10. The van der Waals surface area contributed by atoms with E-state index >= 15 is 0 Å². The zero-order valence-electron chi connectivity index (χ0n) is 11.4. The highest BCUT2D eigenvalue weighted by atomic mass is 15.2. The van der Waals surface area contributed by atoms with Crippen molar-refractivity contribution < 1.29 is 0 Å². The van der Waals surface area contributed by atoms with E-state index in [0.717, 1.165) is 6.54 Å². The first-order valence-electron chi connectivity index (χ1n) is 6.02. The average Bonchev–Trinajstić information content (AvgIpc) is 2.74. The molecule has 0 radical (unpaired) electrons. The Morgan fingerprint density at radius 3 is 2.47 bits per heavy atom. The lowest BCUT2D eigenvalue weighted by Gasteiger charge is -2.22. The molecule has 0 N–H and O–H groups in total. The molecule has 0 aliphatic rings. The van der Waals surface area contributed by atoms with E-state index in [4.69, 9.17) is 0 Å². The minimum Gasteiger partial charge on any atom is -0.344 e. The molecule has 2 aromatic rings. The SMILES string of the molecule is Cc1ccc(C(C)(C)C)n1Cc1cnn(C)c1. The summed E-state index contributed by atoms with van der Waals surface area (Å²) >= 11 is 0. The van der Waals surface area contributed by atoms with Crippen LogP contribution in [0.2, 0.25) is 0 Å². The van der Waals surface area contributed by atoms with E-state index in [9.17, 15) is 0 Å². The van der Waals surface area contributed by atoms with Gasteiger partial charge < -0.3 is 4.57 Å². The van der Waals surface area contributed by atoms with Crippen molar-refractivity contribution in [1.82, 2.24) is 14.3 Å². The number of rotatable bonds is 2. The number of aryl methyl sites for hydroxylation is 2. The van der Waals surface area contributed by atoms with Crippen molar-refractivity contribution >= 4 is 0 Å². The molecular formula is C14H21N3. The molecule has 17 heavy (non-hydrogen) atoms. The van der Waals surface area contributed by atoms with Gasteiger partial charge in [-0.2, -0.15) is 5.10 Å². The number of hydrogen-bond acceptors (Lipinski definition) is 1. The Morgan fingerprint density at radius 1 is 1.24 bits per heavy atom. The average molecular weight is 231 g/mol. The van der Waals surface area contributed by atoms with Gasteiger partial charge in [0.15, 0.2) is 0 Å². The van der Waals surface area contributed by atoms with E-state index in [1.54, 1.807) is 0 Å². The van der Waals surface area contributed by atoms with Gasteiger partial charge >= 0.3 is 0 Å². The van der Waals surface area contributed by atoms with E-state index in [-0.39, 0.29) is 5.41 Å². The minimum atomic E-state index is 0.177. The summed E-state index contributed by atoms with van der Waals surface area (Å²) in [7, 11) is 1.96. The van der Waals surface area contributed by atoms with Crippen LogP contribution in [0.1, 0.15) is 37.7 Å². The van der Waals surface area contributed by atoms with Gasteiger partial charge in [0.1, 0.15) is 0 Å². The van der Waals surface area contributed by atoms with Crippen LogP contribution >= 0.6 is 0 Å². The zero-order chi connectivity index (χ0) is 12.6. The van der Waals surface area contributed by atoms with Gasteiger partial charge in [0.2, 0.25) is 0 Å². The molecule has 92 valence electrons. The van der Waals surface area contributed by atoms with Crippen molar-refractivity contribution in [3.63, 3.8) is 0 Å². The molecule has 0 spiro atoms. The Morgan fingerprint density at radius 2 is 1.94 bits per heavy atom. The van der Waals surface area contributed by atoms with Crippen LogP contribution in [0.15, 0.2) is 24.5 Å². The maximum Gasteiger partial charge on any atom is 0.0539 e. The first-order valence-corrected chi connectivity index (χ1v) is 6.02. The lowest BCUT2D eigenvalue weighted by Crippen LogP contribution is -2.18. The van der Waals surface area contributed by atoms with Crippen molar-refractivity contribution in [2.24, 2.45) is 7.05 Å². The topological polar surface area (TPSA) is 22.8 Å². The summed E-state index contributed by atoms with van der Waals surface area (Å²) in [6.45, 7) is 9.81. The quantitative estimate of drug-likeness (QED) is 0.779. The van der Waals surface area contributed by atoms with Gasteiger partial charge in [-0.1, -0.05) is 20.8 Å². The van der Waals surface area contributed by atoms with Crippen LogP contribution in [0.5, 0.6) is 0 Å². The molecule has 0 fully saturated rings. The summed E-state index contributed by atoms with van der Waals surface area (Å²) in [5.74, 6) is 0. The summed E-state index contributed by atoms with van der Waals surface area (Å²) in [6.07, 6.45) is 4.01. The van der Waals surface area contributed by atoms with E-state index in [1.165, 1.54) is 17.0 Å². The summed E-state index contributed by atoms with van der Waals surface area (Å²) in [4.78, 5) is 0. The molecule has 0 aromatic carbocycles. The smallest absolute Gasteiger partial charge is 0.0539 e. The van der Waals surface area contributed by atoms with Gasteiger partial charge in [0.05, 0.1) is 12.7 Å². The van der Waals surface area contributed by atoms with Crippen LogP contribution in [-0.4, -0.2) is 14.3 Å². The lowest BCUT2D eigenvalue weighted by molar-refractivity contribution is 0.527. The fraction of sp³-hybridized carbons (Fsp3) is 0.500. The van der Waals surface area contributed by atoms with E-state index in [1.807, 2.05) is 17.9 Å². The molecule has 0 aliphatic heterocycles. The van der Waals surface area contributed by atoms with E-state index in [0.29, 0.717) is 0 Å². The number of aromatic nitrogens is 3. The Balaban J connectivity index is 2.35. The fourth-order valence-corrected chi connectivity index (χ4v) is 2.17. The van der Waals surface area contributed by atoms with Crippen LogP contribution in [0, 0.1) is 6.92 Å². The maximum atomic E-state index is 4.22. The van der Waals surface area contributed by atoms with Crippen LogP contribution in [-0.2, 0) is 19.0 Å². The highest BCUT2D eigenvalue weighted by molar-refractivity contribution is 5.23. The number of nitrogens with zero attached hydrogens (tertiary/aromatic N) is 3. The van der Waals surface area contributed by atoms with E-state index in [2.05, 4.69) is 55.7 Å². The monoisotopic (exact) mass is 231 g/mol. The van der Waals surface area contributed by atoms with Crippen molar-refractivity contribution in [2.45, 2.75) is 39.7 Å². The van der Waals surface area contributed by atoms with Gasteiger partial charge in [-0.05, 0) is 19.1 Å². The Kier molecular flexibility index (Phi) is 2.86. The summed E-state index contributed by atoms with van der Waals surface area (Å²) in [5, 5.41) is 4.22. The molecule has 3 heteroatoms. The second-order valence-electron chi connectivity index (χ2n) is 5.72. The van der Waals surface area contributed by atoms with Gasteiger partial charge in [-0.15, -0.1) is 0 Å². The summed E-state index contributed by atoms with van der Waals surface area (Å²) < 4.78 is 4.22. The Bertz CT molecular complexity index is 512. The highest BCUT2D eigenvalue weighted by Crippen LogP contribution is 2.25. The Labute approximate surface area is 103 Å². The van der Waals surface area contributed by atoms with Gasteiger partial charge in [-0.25, -0.2) is 0 Å². The van der Waals surface area contributed by atoms with Gasteiger partial charge in [0, 0.05) is 35.6 Å². The molecule has 0 unspecified atom stereocenters. The van der Waals surface area contributed by atoms with E-state index < -0.39 is 0 Å². The molecule has 0 aliphatic carbocycles. The van der Waals surface area contributed by atoms with Gasteiger partial charge in [-0.3, -0.25) is 4.68 Å². The maximum absolute atomic E-state index is 4.22. The molecule has 0 atom stereocenters. The van der Waals surface area contributed by atoms with Crippen molar-refractivity contribution in [3.8, 4) is 0 Å². The standard InChI is InChI=1S/C14H21N3/c1-11-6-7-13(14(2,3)4)17(11)10-12-8-15-16(5)9-12/h6-9H,10H2,1-5H3. The van der Waals surface area contributed by atoms with Crippen LogP contribution < -0.4 is 0 Å². The molecule has 0 saturated heterocycles. The van der Waals surface area contributed by atoms with Crippen LogP contribution in [0.25, 0.3) is 0 Å². The minimum absolute atomic E-state index is 0.177. The highest BCUT2D eigenvalue weighted by Gasteiger charge is 2.19. The lowest BCUT2D eigenvalue weighted by atomic mass is 9.92. The number of hydrogen-bond donors (Lipinski definition) is 0. The summed E-state index contributed by atoms with van der Waals surface area (Å²) in [6, 6.07) is 4.42. The second kappa shape index (κ2) is 4.06. The van der Waals surface area contributed by atoms with Crippen molar-refractivity contribution in [1.29, 1.82) is 0 Å². The van der Waals surface area contributed by atoms with Crippen LogP contribution in [0.4, 0.5) is 0 Å². The first-order chi connectivity index (χ1) is 7.88. The normalized spacial score (nSPS) is 12.1. The van der Waals surface area contributed by atoms with Crippen molar-refractivity contribution in [2.75, 3.05) is 0 Å². The predicted molar refractivity (Wildman–Crippen MR) is 70.2 cm³/mol. The predicted octanol–water partition coefficient (Wildman–Crippen LogP) is 2.88. The molecule has 0 saturated carbocycles. The molecule has 2 aromatic heterocycles. The third-order valence-electron chi connectivity index (χ3n) is 3.07. The molecule has 2 heterocycles. The zero-order valence-corrected chi connectivity index (χ0v) is 11.4. The molecule has 2 rings (SSSR count). The Hall–Kier alpha value is -1.51. The molecule has 0 amide bonds. The second-order valence-corrected chi connectivity index (χ2v) is 5.72. The third kappa shape index (κ3) is 2.43. The first kappa shape index (κ1) is 12.0. The van der Waals surface area contributed by atoms with Gasteiger partial charge in [0.25, 0.3) is 0 Å².